The van der Waals surface area contributed by atoms with Crippen LogP contribution < -0.4 is 10.9 Å². The number of carbonyl (C=O) groups is 1. The van der Waals surface area contributed by atoms with E-state index in [1.54, 1.807) is 24.6 Å². The molecule has 0 aliphatic rings. The summed E-state index contributed by atoms with van der Waals surface area (Å²) in [6.07, 6.45) is 3.20. The second-order valence-corrected chi connectivity index (χ2v) is 4.97. The molecule has 2 rings (SSSR count). The van der Waals surface area contributed by atoms with Crippen LogP contribution in [0.1, 0.15) is 11.8 Å². The number of amides is 1. The monoisotopic (exact) mass is 289 g/mol. The number of nitrogens with zero attached hydrogens (tertiary/aromatic N) is 2. The molecular weight excluding hydrogens is 270 g/mol. The lowest BCUT2D eigenvalue weighted by atomic mass is 10.2. The lowest BCUT2D eigenvalue weighted by Gasteiger charge is -2.22. The van der Waals surface area contributed by atoms with Gasteiger partial charge in [0.2, 0.25) is 5.91 Å². The number of aromatic nitrogens is 1. The highest BCUT2D eigenvalue weighted by molar-refractivity contribution is 5.75. The highest BCUT2D eigenvalue weighted by Crippen LogP contribution is 2.17. The van der Waals surface area contributed by atoms with Gasteiger partial charge < -0.3 is 14.3 Å². The fraction of sp³-hybridized carbons (Fsp3) is 0.333. The Morgan fingerprint density at radius 2 is 2.14 bits per heavy atom. The number of carbonyl (C=O) groups excluding carboxylic acids is 1. The van der Waals surface area contributed by atoms with Crippen LogP contribution in [0.2, 0.25) is 0 Å². The summed E-state index contributed by atoms with van der Waals surface area (Å²) in [7, 11) is 3.84. The molecule has 21 heavy (non-hydrogen) atoms. The van der Waals surface area contributed by atoms with Gasteiger partial charge in [-0.2, -0.15) is 0 Å². The van der Waals surface area contributed by atoms with Crippen molar-refractivity contribution in [1.29, 1.82) is 0 Å². The summed E-state index contributed by atoms with van der Waals surface area (Å²) in [5, 5.41) is 2.83. The SMILES string of the molecule is CN(C)[C@@H](CNC(=O)Cn1ccccc1=O)c1ccco1. The number of furan rings is 1. The highest BCUT2D eigenvalue weighted by atomic mass is 16.3. The van der Waals surface area contributed by atoms with E-state index in [2.05, 4.69) is 5.32 Å². The van der Waals surface area contributed by atoms with E-state index < -0.39 is 0 Å². The summed E-state index contributed by atoms with van der Waals surface area (Å²) < 4.78 is 6.75. The molecular formula is C15H19N3O3. The first-order valence-corrected chi connectivity index (χ1v) is 6.70. The van der Waals surface area contributed by atoms with Gasteiger partial charge in [0.15, 0.2) is 0 Å². The summed E-state index contributed by atoms with van der Waals surface area (Å²) in [4.78, 5) is 25.5. The average molecular weight is 289 g/mol. The maximum atomic E-state index is 11.9. The summed E-state index contributed by atoms with van der Waals surface area (Å²) >= 11 is 0. The Kier molecular flexibility index (Phi) is 4.94. The molecule has 0 radical (unpaired) electrons. The normalized spacial score (nSPS) is 12.3. The Labute approximate surface area is 123 Å². The summed E-state index contributed by atoms with van der Waals surface area (Å²) in [6, 6.07) is 8.45. The zero-order valence-corrected chi connectivity index (χ0v) is 12.2. The molecule has 0 saturated carbocycles. The van der Waals surface area contributed by atoms with Gasteiger partial charge in [0.25, 0.3) is 5.56 Å². The van der Waals surface area contributed by atoms with Gasteiger partial charge in [-0.3, -0.25) is 14.5 Å². The molecule has 2 heterocycles. The molecule has 1 amide bonds. The van der Waals surface area contributed by atoms with E-state index >= 15 is 0 Å². The molecule has 0 fully saturated rings. The maximum Gasteiger partial charge on any atom is 0.250 e. The van der Waals surface area contributed by atoms with Crippen LogP contribution >= 0.6 is 0 Å². The van der Waals surface area contributed by atoms with Crippen molar-refractivity contribution >= 4 is 5.91 Å². The first-order valence-electron chi connectivity index (χ1n) is 6.70. The third kappa shape index (κ3) is 4.06. The first kappa shape index (κ1) is 15.1. The lowest BCUT2D eigenvalue weighted by Crippen LogP contribution is -2.37. The minimum atomic E-state index is -0.207. The minimum Gasteiger partial charge on any atom is -0.468 e. The van der Waals surface area contributed by atoms with Crippen molar-refractivity contribution in [2.24, 2.45) is 0 Å². The molecule has 112 valence electrons. The molecule has 0 aromatic carbocycles. The van der Waals surface area contributed by atoms with Crippen LogP contribution in [0.5, 0.6) is 0 Å². The summed E-state index contributed by atoms with van der Waals surface area (Å²) in [5.74, 6) is 0.582. The van der Waals surface area contributed by atoms with Crippen LogP contribution in [0.3, 0.4) is 0 Å². The fourth-order valence-corrected chi connectivity index (χ4v) is 2.03. The van der Waals surface area contributed by atoms with Gasteiger partial charge in [-0.05, 0) is 32.3 Å². The predicted molar refractivity (Wildman–Crippen MR) is 78.8 cm³/mol. The van der Waals surface area contributed by atoms with Crippen LogP contribution in [-0.2, 0) is 11.3 Å². The van der Waals surface area contributed by atoms with E-state index in [0.29, 0.717) is 6.54 Å². The molecule has 6 nitrogen and oxygen atoms in total. The molecule has 2 aromatic heterocycles. The Morgan fingerprint density at radius 1 is 1.33 bits per heavy atom. The second kappa shape index (κ2) is 6.90. The highest BCUT2D eigenvalue weighted by Gasteiger charge is 2.17. The first-order chi connectivity index (χ1) is 10.1. The number of pyridine rings is 1. The van der Waals surface area contributed by atoms with Gasteiger partial charge in [-0.1, -0.05) is 6.07 Å². The minimum absolute atomic E-state index is 0.0119. The van der Waals surface area contributed by atoms with Crippen molar-refractivity contribution in [2.45, 2.75) is 12.6 Å². The Balaban J connectivity index is 1.94. The number of nitrogens with one attached hydrogen (secondary N) is 1. The van der Waals surface area contributed by atoms with E-state index in [1.165, 1.54) is 10.6 Å². The standard InChI is InChI=1S/C15H19N3O3/c1-17(2)12(13-6-5-9-21-13)10-16-14(19)11-18-8-4-3-7-15(18)20/h3-9,12H,10-11H2,1-2H3,(H,16,19)/t12-/m0/s1. The number of hydrogen-bond acceptors (Lipinski definition) is 4. The number of rotatable bonds is 6. The second-order valence-electron chi connectivity index (χ2n) is 4.97. The van der Waals surface area contributed by atoms with Crippen molar-refractivity contribution in [2.75, 3.05) is 20.6 Å². The van der Waals surface area contributed by atoms with E-state index in [1.807, 2.05) is 31.1 Å². The van der Waals surface area contributed by atoms with Crippen molar-refractivity contribution in [3.05, 3.63) is 58.9 Å². The molecule has 6 heteroatoms. The van der Waals surface area contributed by atoms with Gasteiger partial charge in [-0.15, -0.1) is 0 Å². The summed E-state index contributed by atoms with van der Waals surface area (Å²) in [6.45, 7) is 0.429. The van der Waals surface area contributed by atoms with E-state index in [9.17, 15) is 9.59 Å². The molecule has 2 aromatic rings. The average Bonchev–Trinajstić information content (AvgIpc) is 2.95. The molecule has 0 unspecified atom stereocenters. The van der Waals surface area contributed by atoms with Crippen molar-refractivity contribution in [1.82, 2.24) is 14.8 Å². The summed E-state index contributed by atoms with van der Waals surface area (Å²) in [5.41, 5.74) is -0.192. The van der Waals surface area contributed by atoms with E-state index in [4.69, 9.17) is 4.42 Å². The zero-order chi connectivity index (χ0) is 15.2. The van der Waals surface area contributed by atoms with Crippen LogP contribution in [0.15, 0.2) is 52.0 Å². The smallest absolute Gasteiger partial charge is 0.250 e. The third-order valence-corrected chi connectivity index (χ3v) is 3.20. The fourth-order valence-electron chi connectivity index (χ4n) is 2.03. The Morgan fingerprint density at radius 3 is 2.76 bits per heavy atom. The van der Waals surface area contributed by atoms with Crippen LogP contribution in [-0.4, -0.2) is 36.0 Å². The molecule has 0 aliphatic carbocycles. The van der Waals surface area contributed by atoms with E-state index in [-0.39, 0.29) is 24.1 Å². The molecule has 1 atom stereocenters. The molecule has 0 spiro atoms. The lowest BCUT2D eigenvalue weighted by molar-refractivity contribution is -0.121. The quantitative estimate of drug-likeness (QED) is 0.856. The number of likely N-dealkylation sites (N-methyl/N-ethyl adjacent to an activating group) is 1. The number of hydrogen-bond donors (Lipinski definition) is 1. The van der Waals surface area contributed by atoms with Gasteiger partial charge in [0.05, 0.1) is 12.3 Å². The van der Waals surface area contributed by atoms with Crippen LogP contribution in [0.4, 0.5) is 0 Å². The predicted octanol–water partition coefficient (Wildman–Crippen LogP) is 0.860. The van der Waals surface area contributed by atoms with Gasteiger partial charge in [-0.25, -0.2) is 0 Å². The molecule has 0 saturated heterocycles. The van der Waals surface area contributed by atoms with Crippen molar-refractivity contribution in [3.8, 4) is 0 Å². The third-order valence-electron chi connectivity index (χ3n) is 3.20. The van der Waals surface area contributed by atoms with Crippen molar-refractivity contribution < 1.29 is 9.21 Å². The Bertz CT molecular complexity index is 632. The van der Waals surface area contributed by atoms with Crippen molar-refractivity contribution in [3.63, 3.8) is 0 Å². The van der Waals surface area contributed by atoms with Crippen LogP contribution in [0.25, 0.3) is 0 Å². The van der Waals surface area contributed by atoms with E-state index in [0.717, 1.165) is 5.76 Å². The molecule has 1 N–H and O–H groups in total. The zero-order valence-electron chi connectivity index (χ0n) is 12.2. The largest absolute Gasteiger partial charge is 0.468 e. The van der Waals surface area contributed by atoms with Gasteiger partial charge in [0.1, 0.15) is 12.3 Å². The van der Waals surface area contributed by atoms with Crippen LogP contribution in [0, 0.1) is 0 Å². The Hall–Kier alpha value is -2.34. The van der Waals surface area contributed by atoms with Gasteiger partial charge >= 0.3 is 0 Å². The maximum absolute atomic E-state index is 11.9. The molecule has 0 aliphatic heterocycles. The molecule has 0 bridgehead atoms. The van der Waals surface area contributed by atoms with Gasteiger partial charge in [0, 0.05) is 18.8 Å². The topological polar surface area (TPSA) is 67.5 Å².